The molecule has 0 aliphatic rings. The number of aromatic nitrogens is 4. The van der Waals surface area contributed by atoms with Crippen LogP contribution in [0.15, 0.2) is 42.9 Å². The molecule has 3 rings (SSSR count). The van der Waals surface area contributed by atoms with Crippen LogP contribution in [0.25, 0.3) is 11.3 Å². The zero-order valence-corrected chi connectivity index (χ0v) is 10.8. The molecule has 0 radical (unpaired) electrons. The van der Waals surface area contributed by atoms with Crippen molar-refractivity contribution in [3.05, 3.63) is 60.1 Å². The number of imidazole rings is 1. The summed E-state index contributed by atoms with van der Waals surface area (Å²) in [4.78, 5) is 4.13. The van der Waals surface area contributed by atoms with Gasteiger partial charge in [-0.3, -0.25) is 5.10 Å². The first-order chi connectivity index (χ1) is 9.66. The fourth-order valence-corrected chi connectivity index (χ4v) is 2.13. The quantitative estimate of drug-likeness (QED) is 0.766. The molecule has 1 aromatic carbocycles. The second-order valence-electron chi connectivity index (χ2n) is 4.51. The molecular formula is C14H13FN4O. The van der Waals surface area contributed by atoms with Crippen LogP contribution in [0.4, 0.5) is 4.39 Å². The van der Waals surface area contributed by atoms with Crippen molar-refractivity contribution in [2.45, 2.75) is 6.10 Å². The second-order valence-corrected chi connectivity index (χ2v) is 4.51. The van der Waals surface area contributed by atoms with E-state index in [-0.39, 0.29) is 5.82 Å². The number of halogens is 1. The summed E-state index contributed by atoms with van der Waals surface area (Å²) in [7, 11) is 1.81. The topological polar surface area (TPSA) is 66.7 Å². The summed E-state index contributed by atoms with van der Waals surface area (Å²) >= 11 is 0. The first kappa shape index (κ1) is 12.6. The SMILES string of the molecule is Cn1ccnc1C(O)c1cn[nH]c1-c1ccc(F)cc1. The summed E-state index contributed by atoms with van der Waals surface area (Å²) in [5.74, 6) is 0.217. The molecule has 0 fully saturated rings. The molecule has 1 atom stereocenters. The molecule has 5 nitrogen and oxygen atoms in total. The average Bonchev–Trinajstić information content (AvgIpc) is 3.07. The molecule has 0 saturated heterocycles. The number of nitrogens with one attached hydrogen (secondary N) is 1. The highest BCUT2D eigenvalue weighted by atomic mass is 19.1. The predicted octanol–water partition coefficient (Wildman–Crippen LogP) is 2.03. The van der Waals surface area contributed by atoms with Gasteiger partial charge in [0.05, 0.1) is 11.9 Å². The molecule has 1 unspecified atom stereocenters. The molecule has 3 aromatic rings. The Morgan fingerprint density at radius 1 is 1.30 bits per heavy atom. The van der Waals surface area contributed by atoms with Gasteiger partial charge < -0.3 is 9.67 Å². The van der Waals surface area contributed by atoms with Crippen molar-refractivity contribution in [1.29, 1.82) is 0 Å². The first-order valence-electron chi connectivity index (χ1n) is 6.11. The maximum atomic E-state index is 13.0. The third-order valence-corrected chi connectivity index (χ3v) is 3.20. The van der Waals surface area contributed by atoms with Gasteiger partial charge in [0.2, 0.25) is 0 Å². The molecule has 2 heterocycles. The molecular weight excluding hydrogens is 259 g/mol. The van der Waals surface area contributed by atoms with Crippen molar-refractivity contribution in [1.82, 2.24) is 19.7 Å². The van der Waals surface area contributed by atoms with E-state index in [2.05, 4.69) is 15.2 Å². The van der Waals surface area contributed by atoms with Gasteiger partial charge in [0.15, 0.2) is 0 Å². The Bertz CT molecular complexity index is 717. The fraction of sp³-hybridized carbons (Fsp3) is 0.143. The van der Waals surface area contributed by atoms with Crippen LogP contribution >= 0.6 is 0 Å². The molecule has 2 aromatic heterocycles. The second kappa shape index (κ2) is 4.90. The van der Waals surface area contributed by atoms with Crippen molar-refractivity contribution in [2.75, 3.05) is 0 Å². The normalized spacial score (nSPS) is 12.6. The van der Waals surface area contributed by atoms with Gasteiger partial charge in [-0.25, -0.2) is 9.37 Å². The van der Waals surface area contributed by atoms with Crippen LogP contribution in [0.2, 0.25) is 0 Å². The fourth-order valence-electron chi connectivity index (χ4n) is 2.13. The highest BCUT2D eigenvalue weighted by Gasteiger charge is 2.20. The third kappa shape index (κ3) is 2.10. The van der Waals surface area contributed by atoms with E-state index in [1.807, 2.05) is 7.05 Å². The van der Waals surface area contributed by atoms with Gasteiger partial charge in [0.25, 0.3) is 0 Å². The molecule has 0 aliphatic heterocycles. The van der Waals surface area contributed by atoms with Crippen molar-refractivity contribution in [2.24, 2.45) is 7.05 Å². The molecule has 0 spiro atoms. The minimum absolute atomic E-state index is 0.306. The number of hydrogen-bond acceptors (Lipinski definition) is 3. The van der Waals surface area contributed by atoms with Crippen LogP contribution in [0.1, 0.15) is 17.5 Å². The lowest BCUT2D eigenvalue weighted by molar-refractivity contribution is 0.207. The van der Waals surface area contributed by atoms with E-state index >= 15 is 0 Å². The zero-order chi connectivity index (χ0) is 14.1. The highest BCUT2D eigenvalue weighted by Crippen LogP contribution is 2.29. The van der Waals surface area contributed by atoms with E-state index in [0.29, 0.717) is 17.1 Å². The summed E-state index contributed by atoms with van der Waals surface area (Å²) in [5, 5.41) is 17.2. The van der Waals surface area contributed by atoms with E-state index in [1.54, 1.807) is 35.3 Å². The van der Waals surface area contributed by atoms with Crippen LogP contribution in [0.5, 0.6) is 0 Å². The minimum Gasteiger partial charge on any atom is -0.380 e. The van der Waals surface area contributed by atoms with Gasteiger partial charge in [0.1, 0.15) is 17.7 Å². The maximum Gasteiger partial charge on any atom is 0.142 e. The number of hydrogen-bond donors (Lipinski definition) is 2. The van der Waals surface area contributed by atoms with Gasteiger partial charge in [-0.15, -0.1) is 0 Å². The Hall–Kier alpha value is -2.47. The number of aliphatic hydroxyl groups excluding tert-OH is 1. The lowest BCUT2D eigenvalue weighted by atomic mass is 10.0. The van der Waals surface area contributed by atoms with Gasteiger partial charge in [-0.2, -0.15) is 5.10 Å². The molecule has 0 amide bonds. The smallest absolute Gasteiger partial charge is 0.142 e. The van der Waals surface area contributed by atoms with Gasteiger partial charge in [-0.05, 0) is 24.3 Å². The van der Waals surface area contributed by atoms with E-state index < -0.39 is 6.10 Å². The maximum absolute atomic E-state index is 13.0. The van der Waals surface area contributed by atoms with Gasteiger partial charge in [0, 0.05) is 30.6 Å². The van der Waals surface area contributed by atoms with E-state index in [9.17, 15) is 9.50 Å². The average molecular weight is 272 g/mol. The summed E-state index contributed by atoms with van der Waals surface area (Å²) in [6, 6.07) is 6.01. The molecule has 6 heteroatoms. The molecule has 0 aliphatic carbocycles. The summed E-state index contributed by atoms with van der Waals surface area (Å²) < 4.78 is 14.7. The number of benzene rings is 1. The minimum atomic E-state index is -0.895. The lowest BCUT2D eigenvalue weighted by Gasteiger charge is -2.11. The molecule has 0 bridgehead atoms. The zero-order valence-electron chi connectivity index (χ0n) is 10.8. The number of aryl methyl sites for hydroxylation is 1. The number of aromatic amines is 1. The number of aliphatic hydroxyl groups is 1. The summed E-state index contributed by atoms with van der Waals surface area (Å²) in [5.41, 5.74) is 2.01. The number of rotatable bonds is 3. The van der Waals surface area contributed by atoms with Crippen molar-refractivity contribution < 1.29 is 9.50 Å². The number of nitrogens with zero attached hydrogens (tertiary/aromatic N) is 3. The van der Waals surface area contributed by atoms with Crippen LogP contribution in [0.3, 0.4) is 0 Å². The van der Waals surface area contributed by atoms with Crippen molar-refractivity contribution >= 4 is 0 Å². The van der Waals surface area contributed by atoms with Gasteiger partial charge in [-0.1, -0.05) is 0 Å². The van der Waals surface area contributed by atoms with Crippen molar-refractivity contribution in [3.63, 3.8) is 0 Å². The van der Waals surface area contributed by atoms with E-state index in [1.165, 1.54) is 12.1 Å². The first-order valence-corrected chi connectivity index (χ1v) is 6.11. The molecule has 20 heavy (non-hydrogen) atoms. The molecule has 0 saturated carbocycles. The summed E-state index contributed by atoms with van der Waals surface area (Å²) in [6.07, 6.45) is 4.04. The van der Waals surface area contributed by atoms with Gasteiger partial charge >= 0.3 is 0 Å². The number of H-pyrrole nitrogens is 1. The Balaban J connectivity index is 2.02. The standard InChI is InChI=1S/C14H13FN4O/c1-19-7-6-16-14(19)13(20)11-8-17-18-12(11)9-2-4-10(15)5-3-9/h2-8,13,20H,1H3,(H,17,18). The predicted molar refractivity (Wildman–Crippen MR) is 71.3 cm³/mol. The third-order valence-electron chi connectivity index (χ3n) is 3.20. The van der Waals surface area contributed by atoms with E-state index in [4.69, 9.17) is 0 Å². The monoisotopic (exact) mass is 272 g/mol. The van der Waals surface area contributed by atoms with Crippen LogP contribution in [-0.4, -0.2) is 24.9 Å². The molecule has 102 valence electrons. The summed E-state index contributed by atoms with van der Waals surface area (Å²) in [6.45, 7) is 0. The lowest BCUT2D eigenvalue weighted by Crippen LogP contribution is -2.07. The largest absolute Gasteiger partial charge is 0.380 e. The highest BCUT2D eigenvalue weighted by molar-refractivity contribution is 5.63. The van der Waals surface area contributed by atoms with E-state index in [0.717, 1.165) is 5.56 Å². The Kier molecular flexibility index (Phi) is 3.08. The van der Waals surface area contributed by atoms with Crippen LogP contribution < -0.4 is 0 Å². The Morgan fingerprint density at radius 3 is 2.70 bits per heavy atom. The molecule has 2 N–H and O–H groups in total. The van der Waals surface area contributed by atoms with Crippen LogP contribution in [-0.2, 0) is 7.05 Å². The Labute approximate surface area is 114 Å². The van der Waals surface area contributed by atoms with Crippen LogP contribution in [0, 0.1) is 5.82 Å². The Morgan fingerprint density at radius 2 is 2.05 bits per heavy atom. The van der Waals surface area contributed by atoms with Crippen molar-refractivity contribution in [3.8, 4) is 11.3 Å².